The average Bonchev–Trinajstić information content (AvgIpc) is 2.63. The lowest BCUT2D eigenvalue weighted by Gasteiger charge is -2.23. The van der Waals surface area contributed by atoms with Crippen LogP contribution in [0.4, 0.5) is 0 Å². The van der Waals surface area contributed by atoms with Crippen LogP contribution in [0.5, 0.6) is 17.2 Å². The number of benzene rings is 2. The fourth-order valence-electron chi connectivity index (χ4n) is 2.74. The SMILES string of the molecule is COc1ccc(C=CC(=O)O)cc1OCCOc1ccc(C)cc1C(C)(C)C. The molecule has 5 nitrogen and oxygen atoms in total. The summed E-state index contributed by atoms with van der Waals surface area (Å²) in [6.45, 7) is 9.26. The summed E-state index contributed by atoms with van der Waals surface area (Å²) in [4.78, 5) is 10.7. The smallest absolute Gasteiger partial charge is 0.328 e. The molecule has 0 spiro atoms. The number of carboxylic acids is 1. The monoisotopic (exact) mass is 384 g/mol. The Labute approximate surface area is 166 Å². The quantitative estimate of drug-likeness (QED) is 0.520. The molecule has 1 N–H and O–H groups in total. The van der Waals surface area contributed by atoms with E-state index >= 15 is 0 Å². The lowest BCUT2D eigenvalue weighted by Crippen LogP contribution is -2.16. The number of aliphatic carboxylic acids is 1. The van der Waals surface area contributed by atoms with Crippen LogP contribution >= 0.6 is 0 Å². The predicted molar refractivity (Wildman–Crippen MR) is 111 cm³/mol. The van der Waals surface area contributed by atoms with Crippen LogP contribution in [0, 0.1) is 6.92 Å². The first-order valence-electron chi connectivity index (χ1n) is 9.16. The van der Waals surface area contributed by atoms with E-state index in [0.717, 1.165) is 17.4 Å². The van der Waals surface area contributed by atoms with Gasteiger partial charge in [-0.1, -0.05) is 44.5 Å². The second kappa shape index (κ2) is 9.31. The molecule has 0 aliphatic rings. The van der Waals surface area contributed by atoms with E-state index in [1.807, 2.05) is 12.1 Å². The second-order valence-electron chi connectivity index (χ2n) is 7.53. The molecule has 0 aliphatic carbocycles. The molecule has 0 atom stereocenters. The van der Waals surface area contributed by atoms with E-state index in [0.29, 0.717) is 30.3 Å². The average molecular weight is 384 g/mol. The molecule has 0 amide bonds. The normalized spacial score (nSPS) is 11.5. The number of methoxy groups -OCH3 is 1. The van der Waals surface area contributed by atoms with E-state index in [-0.39, 0.29) is 5.41 Å². The molecule has 2 aromatic carbocycles. The van der Waals surface area contributed by atoms with Crippen LogP contribution in [-0.2, 0) is 10.2 Å². The predicted octanol–water partition coefficient (Wildman–Crippen LogP) is 4.86. The largest absolute Gasteiger partial charge is 0.493 e. The van der Waals surface area contributed by atoms with Crippen molar-refractivity contribution in [3.8, 4) is 17.2 Å². The minimum absolute atomic E-state index is 0.0176. The maximum absolute atomic E-state index is 10.7. The van der Waals surface area contributed by atoms with Crippen molar-refractivity contribution in [2.75, 3.05) is 20.3 Å². The van der Waals surface area contributed by atoms with Crippen LogP contribution in [0.2, 0.25) is 0 Å². The topological polar surface area (TPSA) is 65.0 Å². The van der Waals surface area contributed by atoms with Gasteiger partial charge in [0.25, 0.3) is 0 Å². The molecular weight excluding hydrogens is 356 g/mol. The molecule has 0 radical (unpaired) electrons. The Bertz CT molecular complexity index is 847. The zero-order chi connectivity index (χ0) is 20.7. The van der Waals surface area contributed by atoms with E-state index < -0.39 is 5.97 Å². The Morgan fingerprint density at radius 3 is 2.25 bits per heavy atom. The third-order valence-corrected chi connectivity index (χ3v) is 4.15. The summed E-state index contributed by atoms with van der Waals surface area (Å²) in [5.41, 5.74) is 3.05. The minimum atomic E-state index is -1.00. The molecule has 150 valence electrons. The van der Waals surface area contributed by atoms with Crippen molar-refractivity contribution in [1.29, 1.82) is 0 Å². The first kappa shape index (κ1) is 21.4. The highest BCUT2D eigenvalue weighted by atomic mass is 16.5. The molecule has 0 fully saturated rings. The van der Waals surface area contributed by atoms with Gasteiger partial charge in [-0.15, -0.1) is 0 Å². The lowest BCUT2D eigenvalue weighted by atomic mass is 9.85. The molecule has 0 saturated heterocycles. The fourth-order valence-corrected chi connectivity index (χ4v) is 2.74. The van der Waals surface area contributed by atoms with Gasteiger partial charge in [0.2, 0.25) is 0 Å². The summed E-state index contributed by atoms with van der Waals surface area (Å²) in [6.07, 6.45) is 2.59. The molecule has 0 saturated carbocycles. The van der Waals surface area contributed by atoms with Gasteiger partial charge in [0, 0.05) is 6.08 Å². The van der Waals surface area contributed by atoms with E-state index in [4.69, 9.17) is 19.3 Å². The van der Waals surface area contributed by atoms with Crippen LogP contribution < -0.4 is 14.2 Å². The van der Waals surface area contributed by atoms with Gasteiger partial charge in [0.05, 0.1) is 7.11 Å². The number of aryl methyl sites for hydroxylation is 1. The van der Waals surface area contributed by atoms with Gasteiger partial charge < -0.3 is 19.3 Å². The number of carboxylic acid groups (broad SMARTS) is 1. The Morgan fingerprint density at radius 2 is 1.64 bits per heavy atom. The lowest BCUT2D eigenvalue weighted by molar-refractivity contribution is -0.131. The Balaban J connectivity index is 2.04. The maximum atomic E-state index is 10.7. The standard InChI is InChI=1S/C23H28O5/c1-16-6-9-19(18(14-16)23(2,3)4)27-12-13-28-21-15-17(8-11-22(24)25)7-10-20(21)26-5/h6-11,14-15H,12-13H2,1-5H3,(H,24,25). The summed E-state index contributed by atoms with van der Waals surface area (Å²) in [6, 6.07) is 11.4. The van der Waals surface area contributed by atoms with E-state index in [2.05, 4.69) is 33.8 Å². The summed E-state index contributed by atoms with van der Waals surface area (Å²) in [5, 5.41) is 8.76. The zero-order valence-corrected chi connectivity index (χ0v) is 17.1. The van der Waals surface area contributed by atoms with E-state index in [1.165, 1.54) is 11.6 Å². The van der Waals surface area contributed by atoms with Crippen LogP contribution in [0.3, 0.4) is 0 Å². The van der Waals surface area contributed by atoms with Gasteiger partial charge in [0.15, 0.2) is 11.5 Å². The van der Waals surface area contributed by atoms with Crippen LogP contribution in [0.25, 0.3) is 6.08 Å². The van der Waals surface area contributed by atoms with Crippen molar-refractivity contribution in [2.45, 2.75) is 33.1 Å². The maximum Gasteiger partial charge on any atom is 0.328 e. The summed E-state index contributed by atoms with van der Waals surface area (Å²) >= 11 is 0. The number of ether oxygens (including phenoxy) is 3. The molecule has 5 heteroatoms. The molecule has 2 rings (SSSR count). The summed E-state index contributed by atoms with van der Waals surface area (Å²) in [7, 11) is 1.56. The van der Waals surface area contributed by atoms with Gasteiger partial charge in [-0.3, -0.25) is 0 Å². The minimum Gasteiger partial charge on any atom is -0.493 e. The van der Waals surface area contributed by atoms with Crippen molar-refractivity contribution in [2.24, 2.45) is 0 Å². The van der Waals surface area contributed by atoms with E-state index in [9.17, 15) is 4.79 Å². The summed E-state index contributed by atoms with van der Waals surface area (Å²) in [5.74, 6) is 0.975. The third kappa shape index (κ3) is 6.05. The van der Waals surface area contributed by atoms with Crippen molar-refractivity contribution in [3.05, 3.63) is 59.2 Å². The molecule has 0 aliphatic heterocycles. The molecule has 0 unspecified atom stereocenters. The third-order valence-electron chi connectivity index (χ3n) is 4.15. The number of hydrogen-bond donors (Lipinski definition) is 1. The van der Waals surface area contributed by atoms with Gasteiger partial charge >= 0.3 is 5.97 Å². The van der Waals surface area contributed by atoms with Crippen LogP contribution in [0.15, 0.2) is 42.5 Å². The van der Waals surface area contributed by atoms with Crippen molar-refractivity contribution in [3.63, 3.8) is 0 Å². The van der Waals surface area contributed by atoms with Gasteiger partial charge in [0.1, 0.15) is 19.0 Å². The molecule has 2 aromatic rings. The van der Waals surface area contributed by atoms with Crippen LogP contribution in [-0.4, -0.2) is 31.4 Å². The highest BCUT2D eigenvalue weighted by Gasteiger charge is 2.19. The van der Waals surface area contributed by atoms with Gasteiger partial charge in [-0.2, -0.15) is 0 Å². The first-order chi connectivity index (χ1) is 13.2. The summed E-state index contributed by atoms with van der Waals surface area (Å²) < 4.78 is 17.1. The van der Waals surface area contributed by atoms with Gasteiger partial charge in [-0.05, 0) is 47.7 Å². The van der Waals surface area contributed by atoms with E-state index in [1.54, 1.807) is 25.3 Å². The Morgan fingerprint density at radius 1 is 1.00 bits per heavy atom. The fraction of sp³-hybridized carbons (Fsp3) is 0.348. The Hall–Kier alpha value is -2.95. The number of rotatable bonds is 8. The van der Waals surface area contributed by atoms with Crippen molar-refractivity contribution >= 4 is 12.0 Å². The van der Waals surface area contributed by atoms with Crippen molar-refractivity contribution < 1.29 is 24.1 Å². The zero-order valence-electron chi connectivity index (χ0n) is 17.1. The van der Waals surface area contributed by atoms with Crippen molar-refractivity contribution in [1.82, 2.24) is 0 Å². The number of carbonyl (C=O) groups is 1. The molecule has 0 aromatic heterocycles. The van der Waals surface area contributed by atoms with Gasteiger partial charge in [-0.25, -0.2) is 4.79 Å². The highest BCUT2D eigenvalue weighted by molar-refractivity contribution is 5.85. The molecule has 28 heavy (non-hydrogen) atoms. The Kier molecular flexibility index (Phi) is 7.10. The first-order valence-corrected chi connectivity index (χ1v) is 9.16. The van der Waals surface area contributed by atoms with Crippen LogP contribution in [0.1, 0.15) is 37.5 Å². The molecular formula is C23H28O5. The number of hydrogen-bond acceptors (Lipinski definition) is 4. The molecule has 0 heterocycles. The second-order valence-corrected chi connectivity index (χ2v) is 7.53. The highest BCUT2D eigenvalue weighted by Crippen LogP contribution is 2.32. The molecule has 0 bridgehead atoms.